The van der Waals surface area contributed by atoms with E-state index in [4.69, 9.17) is 9.47 Å². The molecule has 12 amide bonds. The molecular formula is C74H118F6N12O14. The van der Waals surface area contributed by atoms with Crippen LogP contribution >= 0.6 is 0 Å². The Morgan fingerprint density at radius 1 is 0.651 bits per heavy atom. The highest BCUT2D eigenvalue weighted by atomic mass is 19.4. The molecule has 3 aliphatic carbocycles. The van der Waals surface area contributed by atoms with Crippen molar-refractivity contribution in [1.29, 1.82) is 0 Å². The van der Waals surface area contributed by atoms with E-state index in [0.29, 0.717) is 25.7 Å². The van der Waals surface area contributed by atoms with Gasteiger partial charge in [0.2, 0.25) is 70.9 Å². The van der Waals surface area contributed by atoms with Crippen LogP contribution in [0.1, 0.15) is 176 Å². The van der Waals surface area contributed by atoms with E-state index in [9.17, 15) is 55.1 Å². The van der Waals surface area contributed by atoms with Gasteiger partial charge in [-0.05, 0) is 133 Å². The highest BCUT2D eigenvalue weighted by Crippen LogP contribution is 2.44. The molecule has 12 atom stereocenters. The Kier molecular flexibility index (Phi) is 31.7. The maximum absolute atomic E-state index is 15.6. The first-order chi connectivity index (χ1) is 49.7. The molecule has 6 aliphatic rings. The van der Waals surface area contributed by atoms with Crippen molar-refractivity contribution in [2.24, 2.45) is 35.5 Å². The number of amides is 12. The summed E-state index contributed by atoms with van der Waals surface area (Å²) >= 11 is 0. The molecule has 26 nitrogen and oxygen atoms in total. The lowest BCUT2D eigenvalue weighted by Gasteiger charge is -2.47. The summed E-state index contributed by atoms with van der Waals surface area (Å²) in [6.07, 6.45) is -7.38. The maximum atomic E-state index is 15.6. The molecule has 0 aromatic heterocycles. The van der Waals surface area contributed by atoms with E-state index in [1.165, 1.54) is 83.1 Å². The Morgan fingerprint density at radius 2 is 1.28 bits per heavy atom. The summed E-state index contributed by atoms with van der Waals surface area (Å²) in [5.74, 6) is -14.5. The topological polar surface area (TPSA) is 289 Å². The van der Waals surface area contributed by atoms with Gasteiger partial charge in [-0.1, -0.05) is 66.0 Å². The number of nitrogens with one attached hydrogen (secondary N) is 3. The first-order valence-corrected chi connectivity index (χ1v) is 37.9. The molecule has 600 valence electrons. The third-order valence-electron chi connectivity index (χ3n) is 23.2. The van der Waals surface area contributed by atoms with Gasteiger partial charge in [-0.3, -0.25) is 57.5 Å². The number of methoxy groups -OCH3 is 1. The molecule has 2 saturated heterocycles. The highest BCUT2D eigenvalue weighted by Gasteiger charge is 2.54. The summed E-state index contributed by atoms with van der Waals surface area (Å²) in [4.78, 5) is 191. The van der Waals surface area contributed by atoms with E-state index < -0.39 is 204 Å². The summed E-state index contributed by atoms with van der Waals surface area (Å²) in [5, 5.41) is 8.54. The van der Waals surface area contributed by atoms with Crippen molar-refractivity contribution in [3.63, 3.8) is 0 Å². The molecule has 3 heterocycles. The van der Waals surface area contributed by atoms with Crippen molar-refractivity contribution in [3.8, 4) is 0 Å². The van der Waals surface area contributed by atoms with Crippen molar-refractivity contribution in [2.45, 2.75) is 255 Å². The van der Waals surface area contributed by atoms with Gasteiger partial charge in [0, 0.05) is 89.6 Å². The van der Waals surface area contributed by atoms with Gasteiger partial charge >= 0.3 is 12.4 Å². The standard InChI is InChI=1S/C74H118F6N12O14/c1-16-24-52-63(96)82-61(44(5)6)69(102)86(10)43-60(95)88(12)53-25-21-20-22-36-91(68(53)101)56(37-45-26-30-48(31-27-45)73(75,76)77)67(100)85(9)42-58(93)81-51(33-29-46-28-32-50(74(78,79)80)57(38-46)105-15)65(98)92-41-49(106-19-4)39-54(92)64(97)83-72(34-23-35-72)71(104)90(14)62(47(17-2)18-3)70(103)89(13)55(66(99)84(7)8)40-59(94)87(52)11/h20-21,44-57,61-62H,16-19,22-43H2,1-15H3,(H,81,93)(H,82,96)(H,83,97)/b21-20-/t45?,46?,48?,49-,50?,51+,52+,53+,54+,55+,56+,57?,61+,62+/m1/s1. The second kappa shape index (κ2) is 38.3. The molecule has 3 N–H and O–H groups in total. The van der Waals surface area contributed by atoms with Crippen LogP contribution in [-0.4, -0.2) is 290 Å². The van der Waals surface area contributed by atoms with Crippen molar-refractivity contribution >= 4 is 70.9 Å². The lowest BCUT2D eigenvalue weighted by Crippen LogP contribution is -2.68. The minimum atomic E-state index is -4.56. The molecule has 0 aromatic carbocycles. The number of carbonyl (C=O) groups excluding carboxylic acids is 12. The van der Waals surface area contributed by atoms with E-state index in [-0.39, 0.29) is 122 Å². The van der Waals surface area contributed by atoms with Gasteiger partial charge < -0.3 is 69.5 Å². The van der Waals surface area contributed by atoms with Crippen LogP contribution in [0.5, 0.6) is 0 Å². The molecule has 5 fully saturated rings. The van der Waals surface area contributed by atoms with Gasteiger partial charge in [-0.15, -0.1) is 0 Å². The van der Waals surface area contributed by atoms with Gasteiger partial charge in [-0.2, -0.15) is 26.3 Å². The number of carbonyl (C=O) groups is 12. The summed E-state index contributed by atoms with van der Waals surface area (Å²) < 4.78 is 96.7. The first kappa shape index (κ1) is 87.8. The molecular weight excluding hydrogens is 1390 g/mol. The Hall–Kier alpha value is -7.12. The van der Waals surface area contributed by atoms with Crippen LogP contribution in [0.15, 0.2) is 12.2 Å². The minimum Gasteiger partial charge on any atom is -0.381 e. The van der Waals surface area contributed by atoms with Crippen LogP contribution in [0, 0.1) is 35.5 Å². The van der Waals surface area contributed by atoms with E-state index >= 15 is 28.8 Å². The predicted octanol–water partition coefficient (Wildman–Crippen LogP) is 5.69. The number of hydrogen-bond donors (Lipinski definition) is 3. The van der Waals surface area contributed by atoms with Gasteiger partial charge in [0.15, 0.2) is 0 Å². The number of fused-ring (bicyclic) bond motifs is 3. The van der Waals surface area contributed by atoms with Gasteiger partial charge in [-0.25, -0.2) is 0 Å². The van der Waals surface area contributed by atoms with E-state index in [0.717, 1.165) is 24.5 Å². The number of rotatable bonds is 15. The van der Waals surface area contributed by atoms with Gasteiger partial charge in [0.05, 0.1) is 43.6 Å². The zero-order valence-electron chi connectivity index (χ0n) is 64.8. The minimum absolute atomic E-state index is 0.0340. The normalized spacial score (nSPS) is 30.5. The smallest absolute Gasteiger partial charge is 0.381 e. The summed E-state index contributed by atoms with van der Waals surface area (Å²) in [5.41, 5.74) is -1.65. The van der Waals surface area contributed by atoms with Crippen molar-refractivity contribution in [1.82, 2.24) is 60.0 Å². The predicted molar refractivity (Wildman–Crippen MR) is 380 cm³/mol. The molecule has 1 spiro atoms. The van der Waals surface area contributed by atoms with Crippen molar-refractivity contribution in [3.05, 3.63) is 12.2 Å². The SMILES string of the molecule is CCC[C@H]1C(=O)N[C@@H](C(C)C)C(=O)N(C)CC(=O)N(C)[C@H]2C/C=C\CCN(C2=O)[C@@H](CC2CCC(C(F)(F)F)CC2)C(=O)N(C)CC(=O)N[C@@H](CCC2CCC(C(F)(F)F)C(OC)C2)C(=O)N2C[C@H](OCC)C[C@H]2C(=O)NC2(CCC2)C(=O)N(C)[C@@H](C(CC)CC)C(=O)N(C)[C@H](C(=O)N(C)C)CC(=O)N1C. The van der Waals surface area contributed by atoms with Crippen LogP contribution in [-0.2, 0) is 67.0 Å². The summed E-state index contributed by atoms with van der Waals surface area (Å²) in [6.45, 7) is 8.87. The van der Waals surface area contributed by atoms with Crippen LogP contribution < -0.4 is 16.0 Å². The third-order valence-corrected chi connectivity index (χ3v) is 23.2. The number of nitrogens with zero attached hydrogens (tertiary/aromatic N) is 9. The molecule has 3 saturated carbocycles. The number of likely N-dealkylation sites (N-methyl/N-ethyl adjacent to an activating group) is 7. The Bertz CT molecular complexity index is 3120. The zero-order valence-corrected chi connectivity index (χ0v) is 64.8. The van der Waals surface area contributed by atoms with Crippen LogP contribution in [0.2, 0.25) is 0 Å². The molecule has 106 heavy (non-hydrogen) atoms. The second-order valence-corrected chi connectivity index (χ2v) is 30.9. The number of alkyl halides is 6. The first-order valence-electron chi connectivity index (χ1n) is 37.9. The molecule has 0 radical (unpaired) electrons. The van der Waals surface area contributed by atoms with Crippen LogP contribution in [0.4, 0.5) is 26.3 Å². The average molecular weight is 1510 g/mol. The number of hydrogen-bond acceptors (Lipinski definition) is 14. The largest absolute Gasteiger partial charge is 0.394 e. The van der Waals surface area contributed by atoms with Gasteiger partial charge in [0.1, 0.15) is 53.9 Å². The summed E-state index contributed by atoms with van der Waals surface area (Å²) in [6, 6.07) is -10.9. The lowest BCUT2D eigenvalue weighted by molar-refractivity contribution is -0.215. The molecule has 2 bridgehead atoms. The fourth-order valence-electron chi connectivity index (χ4n) is 16.4. The Labute approximate surface area is 620 Å². The van der Waals surface area contributed by atoms with E-state index in [1.54, 1.807) is 39.8 Å². The van der Waals surface area contributed by atoms with E-state index in [2.05, 4.69) is 16.0 Å². The van der Waals surface area contributed by atoms with Crippen LogP contribution in [0.25, 0.3) is 0 Å². The Morgan fingerprint density at radius 3 is 1.84 bits per heavy atom. The molecule has 3 aliphatic heterocycles. The number of ether oxygens (including phenoxy) is 2. The molecule has 3 unspecified atom stereocenters. The fourth-order valence-corrected chi connectivity index (χ4v) is 16.4. The quantitative estimate of drug-likeness (QED) is 0.131. The average Bonchev–Trinajstić information content (AvgIpc) is 1.09. The molecule has 6 rings (SSSR count). The fraction of sp³-hybridized carbons (Fsp3) is 0.811. The molecule has 32 heteroatoms. The summed E-state index contributed by atoms with van der Waals surface area (Å²) in [7, 11) is 12.2. The van der Waals surface area contributed by atoms with Crippen molar-refractivity contribution < 1.29 is 93.4 Å². The highest BCUT2D eigenvalue weighted by molar-refractivity contribution is 6.01. The second-order valence-electron chi connectivity index (χ2n) is 30.9. The van der Waals surface area contributed by atoms with Gasteiger partial charge in [0.25, 0.3) is 0 Å². The third kappa shape index (κ3) is 21.4. The monoisotopic (exact) mass is 1510 g/mol. The lowest BCUT2D eigenvalue weighted by atomic mass is 9.74. The van der Waals surface area contributed by atoms with Crippen LogP contribution in [0.3, 0.4) is 0 Å². The van der Waals surface area contributed by atoms with Crippen molar-refractivity contribution in [2.75, 3.05) is 96.3 Å². The van der Waals surface area contributed by atoms with E-state index in [1.807, 2.05) is 13.8 Å². The Balaban J connectivity index is 1.47. The molecule has 0 aromatic rings. The maximum Gasteiger partial charge on any atom is 0.394 e. The number of halogens is 6. The zero-order chi connectivity index (χ0) is 79.2.